The minimum absolute atomic E-state index is 0.130. The molecule has 0 atom stereocenters. The quantitative estimate of drug-likeness (QED) is 0.867. The lowest BCUT2D eigenvalue weighted by Gasteiger charge is -2.25. The summed E-state index contributed by atoms with van der Waals surface area (Å²) in [7, 11) is 0. The van der Waals surface area contributed by atoms with Crippen molar-refractivity contribution < 1.29 is 23.8 Å². The highest BCUT2D eigenvalue weighted by molar-refractivity contribution is 5.88. The van der Waals surface area contributed by atoms with E-state index < -0.39 is 5.97 Å². The van der Waals surface area contributed by atoms with Crippen molar-refractivity contribution in [3.63, 3.8) is 0 Å². The van der Waals surface area contributed by atoms with Crippen LogP contribution in [0.5, 0.6) is 0 Å². The molecular formula is C11H13NO5. The van der Waals surface area contributed by atoms with Crippen LogP contribution in [0.15, 0.2) is 10.5 Å². The van der Waals surface area contributed by atoms with Gasteiger partial charge in [0.05, 0.1) is 13.2 Å². The van der Waals surface area contributed by atoms with Crippen molar-refractivity contribution in [1.29, 1.82) is 0 Å². The highest BCUT2D eigenvalue weighted by Gasteiger charge is 2.22. The normalized spacial score (nSPS) is 15.8. The van der Waals surface area contributed by atoms with Gasteiger partial charge in [0, 0.05) is 6.54 Å². The molecule has 1 aromatic rings. The standard InChI is InChI=1S/C11H13NO5/c1-7-9(10(13)14)5-8(17-7)6-12-3-2-4-16-11(12)15/h5H,2-4,6H2,1H3,(H,13,14). The number of rotatable bonds is 3. The van der Waals surface area contributed by atoms with E-state index in [0.717, 1.165) is 6.42 Å². The van der Waals surface area contributed by atoms with E-state index in [9.17, 15) is 9.59 Å². The number of ether oxygens (including phenoxy) is 1. The van der Waals surface area contributed by atoms with Gasteiger partial charge in [-0.3, -0.25) is 0 Å². The second kappa shape index (κ2) is 4.48. The number of aromatic carboxylic acids is 1. The Balaban J connectivity index is 2.10. The minimum Gasteiger partial charge on any atom is -0.478 e. The van der Waals surface area contributed by atoms with Gasteiger partial charge in [-0.15, -0.1) is 0 Å². The van der Waals surface area contributed by atoms with E-state index in [1.807, 2.05) is 0 Å². The summed E-state index contributed by atoms with van der Waals surface area (Å²) in [5, 5.41) is 8.87. The molecule has 0 aliphatic carbocycles. The third-order valence-electron chi connectivity index (χ3n) is 2.60. The van der Waals surface area contributed by atoms with E-state index in [1.54, 1.807) is 6.92 Å². The van der Waals surface area contributed by atoms with Gasteiger partial charge in [0.25, 0.3) is 0 Å². The lowest BCUT2D eigenvalue weighted by atomic mass is 10.2. The fraction of sp³-hybridized carbons (Fsp3) is 0.455. The van der Waals surface area contributed by atoms with Crippen LogP contribution < -0.4 is 0 Å². The summed E-state index contributed by atoms with van der Waals surface area (Å²) in [6.07, 6.45) is 0.388. The summed E-state index contributed by atoms with van der Waals surface area (Å²) in [5.74, 6) is -0.227. The first-order valence-electron chi connectivity index (χ1n) is 5.32. The number of aryl methyl sites for hydroxylation is 1. The van der Waals surface area contributed by atoms with E-state index >= 15 is 0 Å². The molecule has 0 radical (unpaired) electrons. The van der Waals surface area contributed by atoms with Crippen LogP contribution in [0.1, 0.15) is 28.3 Å². The molecule has 0 aromatic carbocycles. The molecule has 1 aromatic heterocycles. The van der Waals surface area contributed by atoms with E-state index in [-0.39, 0.29) is 18.2 Å². The van der Waals surface area contributed by atoms with Gasteiger partial charge in [-0.05, 0) is 19.4 Å². The molecule has 2 rings (SSSR count). The van der Waals surface area contributed by atoms with Crippen molar-refractivity contribution in [3.05, 3.63) is 23.2 Å². The zero-order valence-electron chi connectivity index (χ0n) is 9.43. The van der Waals surface area contributed by atoms with Crippen molar-refractivity contribution >= 4 is 12.1 Å². The summed E-state index contributed by atoms with van der Waals surface area (Å²) in [5.41, 5.74) is 0.130. The SMILES string of the molecule is Cc1oc(CN2CCCOC2=O)cc1C(=O)O. The number of furan rings is 1. The minimum atomic E-state index is -1.03. The van der Waals surface area contributed by atoms with Crippen LogP contribution in [0.4, 0.5) is 4.79 Å². The van der Waals surface area contributed by atoms with E-state index in [1.165, 1.54) is 11.0 Å². The third-order valence-corrected chi connectivity index (χ3v) is 2.60. The van der Waals surface area contributed by atoms with Crippen LogP contribution in [0.2, 0.25) is 0 Å². The van der Waals surface area contributed by atoms with Gasteiger partial charge in [0.2, 0.25) is 0 Å². The fourth-order valence-corrected chi connectivity index (χ4v) is 1.76. The molecular weight excluding hydrogens is 226 g/mol. The Morgan fingerprint density at radius 2 is 2.35 bits per heavy atom. The number of hydrogen-bond acceptors (Lipinski definition) is 4. The Morgan fingerprint density at radius 3 is 2.94 bits per heavy atom. The molecule has 6 nitrogen and oxygen atoms in total. The number of amides is 1. The second-order valence-corrected chi connectivity index (χ2v) is 3.88. The summed E-state index contributed by atoms with van der Waals surface area (Å²) in [6, 6.07) is 1.44. The molecule has 1 aliphatic rings. The predicted molar refractivity (Wildman–Crippen MR) is 56.8 cm³/mol. The van der Waals surface area contributed by atoms with Crippen molar-refractivity contribution in [2.75, 3.05) is 13.2 Å². The monoisotopic (exact) mass is 239 g/mol. The first-order valence-corrected chi connectivity index (χ1v) is 5.32. The Hall–Kier alpha value is -1.98. The van der Waals surface area contributed by atoms with Crippen LogP contribution in [-0.2, 0) is 11.3 Å². The molecule has 1 saturated heterocycles. The van der Waals surface area contributed by atoms with Gasteiger partial charge in [-0.2, -0.15) is 0 Å². The molecule has 1 N–H and O–H groups in total. The Bertz CT molecular complexity index is 451. The number of nitrogens with zero attached hydrogens (tertiary/aromatic N) is 1. The summed E-state index contributed by atoms with van der Waals surface area (Å²) < 4.78 is 10.2. The van der Waals surface area contributed by atoms with Gasteiger partial charge in [0.15, 0.2) is 0 Å². The average molecular weight is 239 g/mol. The highest BCUT2D eigenvalue weighted by Crippen LogP contribution is 2.18. The highest BCUT2D eigenvalue weighted by atomic mass is 16.6. The Kier molecular flexibility index (Phi) is 3.03. The van der Waals surface area contributed by atoms with Crippen LogP contribution in [0.25, 0.3) is 0 Å². The smallest absolute Gasteiger partial charge is 0.410 e. The first-order chi connectivity index (χ1) is 8.08. The number of carbonyl (C=O) groups is 2. The Labute approximate surface area is 97.8 Å². The molecule has 0 unspecified atom stereocenters. The second-order valence-electron chi connectivity index (χ2n) is 3.88. The molecule has 2 heterocycles. The van der Waals surface area contributed by atoms with E-state index in [0.29, 0.717) is 24.7 Å². The maximum atomic E-state index is 11.4. The molecule has 0 spiro atoms. The largest absolute Gasteiger partial charge is 0.478 e. The van der Waals surface area contributed by atoms with E-state index in [2.05, 4.69) is 0 Å². The summed E-state index contributed by atoms with van der Waals surface area (Å²) in [6.45, 7) is 2.86. The van der Waals surface area contributed by atoms with Gasteiger partial charge in [-0.1, -0.05) is 0 Å². The Morgan fingerprint density at radius 1 is 1.59 bits per heavy atom. The molecule has 1 fully saturated rings. The zero-order valence-corrected chi connectivity index (χ0v) is 9.43. The fourth-order valence-electron chi connectivity index (χ4n) is 1.76. The molecule has 1 amide bonds. The molecule has 0 saturated carbocycles. The summed E-state index contributed by atoms with van der Waals surface area (Å²) >= 11 is 0. The molecule has 0 bridgehead atoms. The maximum absolute atomic E-state index is 11.4. The van der Waals surface area contributed by atoms with Crippen molar-refractivity contribution in [2.45, 2.75) is 19.9 Å². The van der Waals surface area contributed by atoms with Crippen LogP contribution in [0, 0.1) is 6.92 Å². The maximum Gasteiger partial charge on any atom is 0.410 e. The number of carboxylic acids is 1. The first kappa shape index (κ1) is 11.5. The van der Waals surface area contributed by atoms with E-state index in [4.69, 9.17) is 14.3 Å². The number of cyclic esters (lactones) is 1. The van der Waals surface area contributed by atoms with Gasteiger partial charge in [-0.25, -0.2) is 9.59 Å². The van der Waals surface area contributed by atoms with Gasteiger partial charge < -0.3 is 19.2 Å². The van der Waals surface area contributed by atoms with Crippen molar-refractivity contribution in [2.24, 2.45) is 0 Å². The van der Waals surface area contributed by atoms with Crippen LogP contribution in [0.3, 0.4) is 0 Å². The van der Waals surface area contributed by atoms with Crippen molar-refractivity contribution in [1.82, 2.24) is 4.90 Å². The lowest BCUT2D eigenvalue weighted by molar-refractivity contribution is 0.0669. The van der Waals surface area contributed by atoms with Crippen LogP contribution >= 0.6 is 0 Å². The molecule has 6 heteroatoms. The van der Waals surface area contributed by atoms with Crippen LogP contribution in [-0.4, -0.2) is 35.2 Å². The van der Waals surface area contributed by atoms with Crippen molar-refractivity contribution in [3.8, 4) is 0 Å². The zero-order chi connectivity index (χ0) is 12.4. The lowest BCUT2D eigenvalue weighted by Crippen LogP contribution is -2.36. The number of carbonyl (C=O) groups excluding carboxylic acids is 1. The molecule has 17 heavy (non-hydrogen) atoms. The van der Waals surface area contributed by atoms with Gasteiger partial charge >= 0.3 is 12.1 Å². The molecule has 1 aliphatic heterocycles. The topological polar surface area (TPSA) is 80.0 Å². The molecule has 92 valence electrons. The number of carboxylic acid groups (broad SMARTS) is 1. The summed E-state index contributed by atoms with van der Waals surface area (Å²) in [4.78, 5) is 23.7. The third kappa shape index (κ3) is 2.41. The van der Waals surface area contributed by atoms with Gasteiger partial charge in [0.1, 0.15) is 17.1 Å². The predicted octanol–water partition coefficient (Wildman–Crippen LogP) is 1.63. The average Bonchev–Trinajstić information content (AvgIpc) is 2.63. The number of hydrogen-bond donors (Lipinski definition) is 1.